The van der Waals surface area contributed by atoms with Gasteiger partial charge in [-0.15, -0.1) is 0 Å². The molecule has 0 aliphatic carbocycles. The van der Waals surface area contributed by atoms with Gasteiger partial charge in [-0.25, -0.2) is 4.98 Å². The Hall–Kier alpha value is -2.59. The van der Waals surface area contributed by atoms with Crippen molar-refractivity contribution in [1.82, 2.24) is 9.88 Å². The fourth-order valence-corrected chi connectivity index (χ4v) is 4.73. The number of rotatable bonds is 16. The molecule has 0 fully saturated rings. The third-order valence-electron chi connectivity index (χ3n) is 6.40. The predicted molar refractivity (Wildman–Crippen MR) is 162 cm³/mol. The van der Waals surface area contributed by atoms with E-state index in [1.54, 1.807) is 18.3 Å². The van der Waals surface area contributed by atoms with E-state index in [-0.39, 0.29) is 0 Å². The van der Waals surface area contributed by atoms with E-state index in [2.05, 4.69) is 33.9 Å². The predicted octanol–water partition coefficient (Wildman–Crippen LogP) is 7.31. The van der Waals surface area contributed by atoms with Gasteiger partial charge in [0.25, 0.3) is 0 Å². The zero-order valence-corrected chi connectivity index (χ0v) is 24.0. The Labute approximate surface area is 243 Å². The quantitative estimate of drug-likeness (QED) is 0.108. The summed E-state index contributed by atoms with van der Waals surface area (Å²) in [5.74, 6) is 6.26. The third kappa shape index (κ3) is 12.0. The molecule has 3 aromatic rings. The SMILES string of the molecule is Nc1c(Cl)cc(C(O)CN(CCCCCCOCCCCC#Cc2ccccn2)Cc2ccccc2)cc1Cl. The number of aliphatic hydroxyl groups is 1. The summed E-state index contributed by atoms with van der Waals surface area (Å²) in [6.45, 7) is 3.73. The Bertz CT molecular complexity index is 1140. The van der Waals surface area contributed by atoms with Crippen molar-refractivity contribution >= 4 is 28.9 Å². The van der Waals surface area contributed by atoms with Gasteiger partial charge < -0.3 is 15.6 Å². The van der Waals surface area contributed by atoms with Crippen molar-refractivity contribution < 1.29 is 9.84 Å². The van der Waals surface area contributed by atoms with E-state index >= 15 is 0 Å². The zero-order chi connectivity index (χ0) is 27.7. The molecule has 1 unspecified atom stereocenters. The van der Waals surface area contributed by atoms with Crippen molar-refractivity contribution in [2.45, 2.75) is 57.6 Å². The molecule has 39 heavy (non-hydrogen) atoms. The van der Waals surface area contributed by atoms with Crippen molar-refractivity contribution in [3.8, 4) is 11.8 Å². The second-order valence-corrected chi connectivity index (χ2v) is 10.4. The van der Waals surface area contributed by atoms with Gasteiger partial charge in [0.05, 0.1) is 21.8 Å². The molecule has 0 radical (unpaired) electrons. The van der Waals surface area contributed by atoms with Crippen LogP contribution in [0.3, 0.4) is 0 Å². The Balaban J connectivity index is 1.31. The first-order chi connectivity index (χ1) is 19.0. The summed E-state index contributed by atoms with van der Waals surface area (Å²) in [4.78, 5) is 6.49. The molecule has 2 aromatic carbocycles. The highest BCUT2D eigenvalue weighted by atomic mass is 35.5. The number of ether oxygens (including phenoxy) is 1. The van der Waals surface area contributed by atoms with E-state index in [1.807, 2.05) is 36.4 Å². The molecular formula is C32H39Cl2N3O2. The summed E-state index contributed by atoms with van der Waals surface area (Å²) in [6.07, 6.45) is 8.34. The number of unbranched alkanes of at least 4 members (excludes halogenated alkanes) is 5. The minimum Gasteiger partial charge on any atom is -0.396 e. The van der Waals surface area contributed by atoms with Gasteiger partial charge in [-0.05, 0) is 73.5 Å². The second kappa shape index (κ2) is 17.9. The molecule has 5 nitrogen and oxygen atoms in total. The molecule has 3 N–H and O–H groups in total. The van der Waals surface area contributed by atoms with Crippen LogP contribution in [0.25, 0.3) is 0 Å². The van der Waals surface area contributed by atoms with E-state index in [1.165, 1.54) is 5.56 Å². The number of hydrogen-bond acceptors (Lipinski definition) is 5. The maximum Gasteiger partial charge on any atom is 0.113 e. The smallest absolute Gasteiger partial charge is 0.113 e. The van der Waals surface area contributed by atoms with Crippen LogP contribution >= 0.6 is 23.2 Å². The van der Waals surface area contributed by atoms with Crippen molar-refractivity contribution in [2.24, 2.45) is 0 Å². The van der Waals surface area contributed by atoms with Gasteiger partial charge in [0.2, 0.25) is 0 Å². The lowest BCUT2D eigenvalue weighted by Crippen LogP contribution is -2.29. The molecular weight excluding hydrogens is 529 g/mol. The fourth-order valence-electron chi connectivity index (χ4n) is 4.23. The molecule has 0 spiro atoms. The van der Waals surface area contributed by atoms with Crippen LogP contribution in [0.2, 0.25) is 10.0 Å². The van der Waals surface area contributed by atoms with Gasteiger partial charge in [0, 0.05) is 38.9 Å². The molecule has 208 valence electrons. The van der Waals surface area contributed by atoms with E-state index < -0.39 is 6.10 Å². The normalized spacial score (nSPS) is 11.8. The average molecular weight is 569 g/mol. The number of aliphatic hydroxyl groups excluding tert-OH is 1. The standard InChI is InChI=1S/C32H39Cl2N3O2/c33-29-22-27(23-30(34)32(29)35)31(38)25-37(24-26-14-6-5-7-15-26)19-11-2-4-13-21-39-20-12-3-1-8-16-28-17-9-10-18-36-28/h5-7,9-10,14-15,17-18,22-23,31,38H,1-4,11-13,19-21,24-25,35H2. The monoisotopic (exact) mass is 567 g/mol. The number of benzene rings is 2. The lowest BCUT2D eigenvalue weighted by molar-refractivity contribution is 0.107. The number of anilines is 1. The van der Waals surface area contributed by atoms with E-state index in [0.29, 0.717) is 27.8 Å². The van der Waals surface area contributed by atoms with Crippen LogP contribution in [0.1, 0.15) is 67.9 Å². The second-order valence-electron chi connectivity index (χ2n) is 9.64. The summed E-state index contributed by atoms with van der Waals surface area (Å²) >= 11 is 12.4. The van der Waals surface area contributed by atoms with Crippen molar-refractivity contribution in [3.05, 3.63) is 93.7 Å². The van der Waals surface area contributed by atoms with Crippen LogP contribution in [-0.4, -0.2) is 41.3 Å². The molecule has 0 saturated heterocycles. The van der Waals surface area contributed by atoms with Gasteiger partial charge in [-0.3, -0.25) is 4.90 Å². The highest BCUT2D eigenvalue weighted by Crippen LogP contribution is 2.31. The lowest BCUT2D eigenvalue weighted by atomic mass is 10.1. The zero-order valence-electron chi connectivity index (χ0n) is 22.5. The van der Waals surface area contributed by atoms with Gasteiger partial charge in [-0.2, -0.15) is 0 Å². The van der Waals surface area contributed by atoms with Crippen molar-refractivity contribution in [1.29, 1.82) is 0 Å². The minimum atomic E-state index is -0.710. The summed E-state index contributed by atoms with van der Waals surface area (Å²) in [5, 5.41) is 11.7. The number of halogens is 2. The van der Waals surface area contributed by atoms with E-state index in [0.717, 1.165) is 76.9 Å². The van der Waals surface area contributed by atoms with Gasteiger partial charge >= 0.3 is 0 Å². The molecule has 1 aromatic heterocycles. The maximum absolute atomic E-state index is 10.9. The first-order valence-electron chi connectivity index (χ1n) is 13.7. The first kappa shape index (κ1) is 30.9. The molecule has 3 rings (SSSR count). The third-order valence-corrected chi connectivity index (χ3v) is 7.03. The van der Waals surface area contributed by atoms with Crippen LogP contribution in [-0.2, 0) is 11.3 Å². The molecule has 0 saturated carbocycles. The van der Waals surface area contributed by atoms with Gasteiger partial charge in [0.1, 0.15) is 5.69 Å². The molecule has 0 aliphatic heterocycles. The van der Waals surface area contributed by atoms with Crippen molar-refractivity contribution in [2.75, 3.05) is 32.0 Å². The molecule has 1 atom stereocenters. The van der Waals surface area contributed by atoms with Gasteiger partial charge in [-0.1, -0.05) is 78.4 Å². The summed E-state index contributed by atoms with van der Waals surface area (Å²) in [5.41, 5.74) is 8.91. The Morgan fingerprint density at radius 2 is 1.59 bits per heavy atom. The molecule has 7 heteroatoms. The fraction of sp³-hybridized carbons (Fsp3) is 0.406. The topological polar surface area (TPSA) is 71.6 Å². The summed E-state index contributed by atoms with van der Waals surface area (Å²) in [7, 11) is 0. The van der Waals surface area contributed by atoms with Gasteiger partial charge in [0.15, 0.2) is 0 Å². The highest BCUT2D eigenvalue weighted by molar-refractivity contribution is 6.38. The number of nitrogens with two attached hydrogens (primary N) is 1. The van der Waals surface area contributed by atoms with E-state index in [9.17, 15) is 5.11 Å². The van der Waals surface area contributed by atoms with Crippen LogP contribution in [0, 0.1) is 11.8 Å². The molecule has 1 heterocycles. The summed E-state index contributed by atoms with van der Waals surface area (Å²) < 4.78 is 5.80. The first-order valence-corrected chi connectivity index (χ1v) is 14.4. The Morgan fingerprint density at radius 1 is 0.897 bits per heavy atom. The number of nitrogens with zero attached hydrogens (tertiary/aromatic N) is 2. The number of nitrogen functional groups attached to an aromatic ring is 1. The molecule has 0 amide bonds. The van der Waals surface area contributed by atoms with Crippen LogP contribution in [0.15, 0.2) is 66.9 Å². The van der Waals surface area contributed by atoms with E-state index in [4.69, 9.17) is 33.7 Å². The molecule has 0 aliphatic rings. The Kier molecular flexibility index (Phi) is 14.2. The largest absolute Gasteiger partial charge is 0.396 e. The van der Waals surface area contributed by atoms with Crippen LogP contribution in [0.5, 0.6) is 0 Å². The molecule has 0 bridgehead atoms. The summed E-state index contributed by atoms with van der Waals surface area (Å²) in [6, 6.07) is 19.5. The van der Waals surface area contributed by atoms with Crippen LogP contribution < -0.4 is 5.73 Å². The Morgan fingerprint density at radius 3 is 2.31 bits per heavy atom. The average Bonchev–Trinajstić information content (AvgIpc) is 2.95. The number of hydrogen-bond donors (Lipinski definition) is 2. The maximum atomic E-state index is 10.9. The van der Waals surface area contributed by atoms with Crippen LogP contribution in [0.4, 0.5) is 5.69 Å². The minimum absolute atomic E-state index is 0.338. The highest BCUT2D eigenvalue weighted by Gasteiger charge is 2.16. The lowest BCUT2D eigenvalue weighted by Gasteiger charge is -2.26. The number of aromatic nitrogens is 1. The van der Waals surface area contributed by atoms with Crippen molar-refractivity contribution in [3.63, 3.8) is 0 Å². The number of pyridine rings is 1.